The molecule has 0 aliphatic heterocycles. The van der Waals surface area contributed by atoms with Crippen molar-refractivity contribution in [3.05, 3.63) is 63.1 Å². The number of halogens is 3. The standard InChI is InChI=1S/C23H27Cl3N2O2S/c1-4-21(23(30)27-15(2)3)28(14-16-5-6-18(25)13-20(16)26)22(29)11-12-31-19-9-7-17(24)8-10-19/h5-10,13,15,21H,4,11-12,14H2,1-3H3,(H,27,30)/t21-/m1/s1. The van der Waals surface area contributed by atoms with Gasteiger partial charge in [0.05, 0.1) is 0 Å². The zero-order chi connectivity index (χ0) is 23.0. The quantitative estimate of drug-likeness (QED) is 0.380. The van der Waals surface area contributed by atoms with Crippen LogP contribution in [0.1, 0.15) is 39.2 Å². The van der Waals surface area contributed by atoms with Gasteiger partial charge in [0.15, 0.2) is 0 Å². The van der Waals surface area contributed by atoms with E-state index in [4.69, 9.17) is 34.8 Å². The third kappa shape index (κ3) is 8.23. The Bertz CT molecular complexity index is 891. The van der Waals surface area contributed by atoms with Crippen LogP contribution >= 0.6 is 46.6 Å². The number of nitrogens with zero attached hydrogens (tertiary/aromatic N) is 1. The highest BCUT2D eigenvalue weighted by atomic mass is 35.5. The van der Waals surface area contributed by atoms with Gasteiger partial charge in [0.1, 0.15) is 6.04 Å². The zero-order valence-electron chi connectivity index (χ0n) is 17.8. The van der Waals surface area contributed by atoms with Crippen LogP contribution < -0.4 is 5.32 Å². The molecule has 0 saturated carbocycles. The molecular weight excluding hydrogens is 475 g/mol. The van der Waals surface area contributed by atoms with E-state index in [0.717, 1.165) is 10.5 Å². The van der Waals surface area contributed by atoms with Crippen LogP contribution in [0.3, 0.4) is 0 Å². The molecule has 0 aliphatic carbocycles. The van der Waals surface area contributed by atoms with Crippen molar-refractivity contribution in [2.75, 3.05) is 5.75 Å². The van der Waals surface area contributed by atoms with E-state index in [1.807, 2.05) is 45.0 Å². The van der Waals surface area contributed by atoms with E-state index in [0.29, 0.717) is 33.7 Å². The van der Waals surface area contributed by atoms with Crippen molar-refractivity contribution in [1.82, 2.24) is 10.2 Å². The Morgan fingerprint density at radius 2 is 1.68 bits per heavy atom. The van der Waals surface area contributed by atoms with Gasteiger partial charge in [-0.1, -0.05) is 47.8 Å². The summed E-state index contributed by atoms with van der Waals surface area (Å²) in [7, 11) is 0. The Morgan fingerprint density at radius 1 is 1.03 bits per heavy atom. The van der Waals surface area contributed by atoms with E-state index < -0.39 is 6.04 Å². The monoisotopic (exact) mass is 500 g/mol. The first-order chi connectivity index (χ1) is 14.7. The predicted molar refractivity (Wildman–Crippen MR) is 131 cm³/mol. The lowest BCUT2D eigenvalue weighted by atomic mass is 10.1. The number of rotatable bonds is 10. The largest absolute Gasteiger partial charge is 0.352 e. The second-order valence-corrected chi connectivity index (χ2v) is 9.85. The molecular formula is C23H27Cl3N2O2S. The number of hydrogen-bond acceptors (Lipinski definition) is 3. The fourth-order valence-electron chi connectivity index (χ4n) is 3.06. The Kier molecular flexibility index (Phi) is 10.5. The average Bonchev–Trinajstić information content (AvgIpc) is 2.70. The molecule has 31 heavy (non-hydrogen) atoms. The zero-order valence-corrected chi connectivity index (χ0v) is 20.9. The molecule has 1 N–H and O–H groups in total. The summed E-state index contributed by atoms with van der Waals surface area (Å²) in [6.07, 6.45) is 0.795. The number of carbonyl (C=O) groups is 2. The maximum absolute atomic E-state index is 13.2. The lowest BCUT2D eigenvalue weighted by Gasteiger charge is -2.31. The van der Waals surface area contributed by atoms with Gasteiger partial charge in [0.2, 0.25) is 11.8 Å². The van der Waals surface area contributed by atoms with Crippen LogP contribution in [0.2, 0.25) is 15.1 Å². The summed E-state index contributed by atoms with van der Waals surface area (Å²) in [6.45, 7) is 5.94. The van der Waals surface area contributed by atoms with Crippen LogP contribution in [0.4, 0.5) is 0 Å². The van der Waals surface area contributed by atoms with Gasteiger partial charge in [-0.05, 0) is 62.2 Å². The Hall–Kier alpha value is -1.40. The van der Waals surface area contributed by atoms with Crippen molar-refractivity contribution in [2.45, 2.75) is 57.1 Å². The molecule has 2 aromatic rings. The summed E-state index contributed by atoms with van der Waals surface area (Å²) >= 11 is 19.9. The first kappa shape index (κ1) is 25.9. The normalized spacial score (nSPS) is 12.0. The maximum atomic E-state index is 13.2. The molecule has 2 aromatic carbocycles. The topological polar surface area (TPSA) is 49.4 Å². The van der Waals surface area contributed by atoms with Gasteiger partial charge in [-0.15, -0.1) is 11.8 Å². The van der Waals surface area contributed by atoms with Gasteiger partial charge in [-0.25, -0.2) is 0 Å². The van der Waals surface area contributed by atoms with Gasteiger partial charge in [0.25, 0.3) is 0 Å². The first-order valence-corrected chi connectivity index (χ1v) is 12.2. The van der Waals surface area contributed by atoms with Crippen molar-refractivity contribution >= 4 is 58.4 Å². The third-order valence-corrected chi connectivity index (χ3v) is 6.42. The smallest absolute Gasteiger partial charge is 0.243 e. The van der Waals surface area contributed by atoms with Crippen LogP contribution in [-0.4, -0.2) is 34.6 Å². The van der Waals surface area contributed by atoms with Crippen molar-refractivity contribution in [3.8, 4) is 0 Å². The van der Waals surface area contributed by atoms with Crippen LogP contribution in [0.25, 0.3) is 0 Å². The first-order valence-electron chi connectivity index (χ1n) is 10.1. The van der Waals surface area contributed by atoms with Crippen molar-refractivity contribution in [2.24, 2.45) is 0 Å². The fourth-order valence-corrected chi connectivity index (χ4v) is 4.50. The van der Waals surface area contributed by atoms with Gasteiger partial charge in [-0.3, -0.25) is 9.59 Å². The van der Waals surface area contributed by atoms with Crippen molar-refractivity contribution in [3.63, 3.8) is 0 Å². The summed E-state index contributed by atoms with van der Waals surface area (Å²) < 4.78 is 0. The molecule has 0 saturated heterocycles. The highest BCUT2D eigenvalue weighted by Gasteiger charge is 2.29. The SMILES string of the molecule is CC[C@H](C(=O)NC(C)C)N(Cc1ccc(Cl)cc1Cl)C(=O)CCSc1ccc(Cl)cc1. The van der Waals surface area contributed by atoms with Gasteiger partial charge in [-0.2, -0.15) is 0 Å². The van der Waals surface area contributed by atoms with Crippen LogP contribution in [0, 0.1) is 0 Å². The molecule has 1 atom stereocenters. The molecule has 0 fully saturated rings. The molecule has 0 bridgehead atoms. The van der Waals surface area contributed by atoms with E-state index in [9.17, 15) is 9.59 Å². The summed E-state index contributed by atoms with van der Waals surface area (Å²) in [5, 5.41) is 4.59. The number of hydrogen-bond donors (Lipinski definition) is 1. The van der Waals surface area contributed by atoms with Crippen molar-refractivity contribution in [1.29, 1.82) is 0 Å². The van der Waals surface area contributed by atoms with E-state index in [-0.39, 0.29) is 24.4 Å². The van der Waals surface area contributed by atoms with E-state index in [2.05, 4.69) is 5.32 Å². The molecule has 0 spiro atoms. The number of carbonyl (C=O) groups excluding carboxylic acids is 2. The minimum absolute atomic E-state index is 0.0157. The predicted octanol–water partition coefficient (Wildman–Crippen LogP) is 6.46. The average molecular weight is 502 g/mol. The lowest BCUT2D eigenvalue weighted by Crippen LogP contribution is -2.50. The Morgan fingerprint density at radius 3 is 2.26 bits per heavy atom. The molecule has 4 nitrogen and oxygen atoms in total. The molecule has 0 heterocycles. The summed E-state index contributed by atoms with van der Waals surface area (Å²) in [5.41, 5.74) is 0.751. The van der Waals surface area contributed by atoms with Crippen molar-refractivity contribution < 1.29 is 9.59 Å². The maximum Gasteiger partial charge on any atom is 0.243 e. The number of amides is 2. The van der Waals surface area contributed by atoms with Gasteiger partial charge >= 0.3 is 0 Å². The summed E-state index contributed by atoms with van der Waals surface area (Å²) in [6, 6.07) is 12.1. The van der Waals surface area contributed by atoms with Crippen LogP contribution in [0.15, 0.2) is 47.4 Å². The minimum Gasteiger partial charge on any atom is -0.352 e. The number of benzene rings is 2. The highest BCUT2D eigenvalue weighted by molar-refractivity contribution is 7.99. The van der Waals surface area contributed by atoms with Gasteiger partial charge < -0.3 is 10.2 Å². The van der Waals surface area contributed by atoms with E-state index in [1.165, 1.54) is 0 Å². The molecule has 0 radical (unpaired) electrons. The van der Waals surface area contributed by atoms with E-state index in [1.54, 1.807) is 34.9 Å². The number of thioether (sulfide) groups is 1. The second kappa shape index (κ2) is 12.6. The Labute approximate surface area is 203 Å². The lowest BCUT2D eigenvalue weighted by molar-refractivity contribution is -0.141. The molecule has 2 amide bonds. The van der Waals surface area contributed by atoms with E-state index >= 15 is 0 Å². The highest BCUT2D eigenvalue weighted by Crippen LogP contribution is 2.25. The van der Waals surface area contributed by atoms with Crippen LogP contribution in [0.5, 0.6) is 0 Å². The Balaban J connectivity index is 2.16. The summed E-state index contributed by atoms with van der Waals surface area (Å²) in [4.78, 5) is 28.7. The molecule has 2 rings (SSSR count). The third-order valence-electron chi connectivity index (χ3n) is 4.57. The molecule has 0 aliphatic rings. The molecule has 8 heteroatoms. The second-order valence-electron chi connectivity index (χ2n) is 7.40. The van der Waals surface area contributed by atoms with Crippen LogP contribution in [-0.2, 0) is 16.1 Å². The molecule has 168 valence electrons. The minimum atomic E-state index is -0.581. The summed E-state index contributed by atoms with van der Waals surface area (Å²) in [5.74, 6) is 0.326. The fraction of sp³-hybridized carbons (Fsp3) is 0.391. The molecule has 0 aromatic heterocycles. The molecule has 0 unspecified atom stereocenters. The van der Waals surface area contributed by atoms with Gasteiger partial charge in [0, 0.05) is 44.7 Å². The number of nitrogens with one attached hydrogen (secondary N) is 1.